The number of aryl methyl sites for hydroxylation is 1. The lowest BCUT2D eigenvalue weighted by Gasteiger charge is -2.18. The van der Waals surface area contributed by atoms with Gasteiger partial charge in [0.1, 0.15) is 0 Å². The van der Waals surface area contributed by atoms with Crippen LogP contribution in [0.15, 0.2) is 66.9 Å². The molecule has 0 aliphatic carbocycles. The van der Waals surface area contributed by atoms with Crippen LogP contribution < -0.4 is 0 Å². The van der Waals surface area contributed by atoms with Crippen molar-refractivity contribution in [3.63, 3.8) is 0 Å². The maximum atomic E-state index is 14.2. The molecule has 0 bridgehead atoms. The van der Waals surface area contributed by atoms with Gasteiger partial charge in [0.2, 0.25) is 0 Å². The van der Waals surface area contributed by atoms with Gasteiger partial charge in [-0.15, -0.1) is 0 Å². The molecule has 4 aromatic rings. The quantitative estimate of drug-likeness (QED) is 0.178. The minimum Gasteiger partial charge on any atom is -0.294 e. The maximum absolute atomic E-state index is 14.2. The number of rotatable bonds is 5. The molecule has 0 N–H and O–H groups in total. The number of nitrogens with zero attached hydrogens (tertiary/aromatic N) is 1. The number of carbonyl (C=O) groups is 2. The second-order valence-electron chi connectivity index (χ2n) is 7.64. The number of hydrogen-bond acceptors (Lipinski definition) is 3. The molecule has 1 heterocycles. The Morgan fingerprint density at radius 1 is 0.794 bits per heavy atom. The van der Waals surface area contributed by atoms with E-state index in [2.05, 4.69) is 4.98 Å². The predicted molar refractivity (Wildman–Crippen MR) is 114 cm³/mol. The third kappa shape index (κ3) is 4.37. The Kier molecular flexibility index (Phi) is 5.89. The standard InChI is InChI=1S/C25H15F6NO2/c26-24(27,28)21-15(10-11-20(33)14-6-2-1-3-7-14)13-32-22-17-9-5-4-8-16(17)18(12-19(21)22)23(34)25(29,30)31/h1-9,12-13H,10-11H2. The fourth-order valence-corrected chi connectivity index (χ4v) is 3.95. The van der Waals surface area contributed by atoms with Crippen molar-refractivity contribution in [2.75, 3.05) is 0 Å². The number of pyridine rings is 1. The monoisotopic (exact) mass is 475 g/mol. The van der Waals surface area contributed by atoms with Crippen LogP contribution in [0.2, 0.25) is 0 Å². The molecule has 0 fully saturated rings. The molecule has 0 spiro atoms. The summed E-state index contributed by atoms with van der Waals surface area (Å²) in [7, 11) is 0. The third-order valence-electron chi connectivity index (χ3n) is 5.46. The Morgan fingerprint density at radius 3 is 2.03 bits per heavy atom. The number of Topliss-reactive ketones (excluding diaryl/α,β-unsaturated/α-hetero) is 2. The van der Waals surface area contributed by atoms with Crippen molar-refractivity contribution in [1.82, 2.24) is 4.98 Å². The molecule has 1 aromatic heterocycles. The fourth-order valence-electron chi connectivity index (χ4n) is 3.95. The van der Waals surface area contributed by atoms with E-state index in [1.807, 2.05) is 0 Å². The topological polar surface area (TPSA) is 47.0 Å². The maximum Gasteiger partial charge on any atom is 0.454 e. The smallest absolute Gasteiger partial charge is 0.294 e. The number of halogens is 6. The van der Waals surface area contributed by atoms with E-state index in [0.29, 0.717) is 11.6 Å². The SMILES string of the molecule is O=C(CCc1cnc2c(cc(C(=O)C(F)(F)F)c3ccccc32)c1C(F)(F)F)c1ccccc1. The van der Waals surface area contributed by atoms with Crippen molar-refractivity contribution in [2.45, 2.75) is 25.2 Å². The summed E-state index contributed by atoms with van der Waals surface area (Å²) in [6.45, 7) is 0. The van der Waals surface area contributed by atoms with Gasteiger partial charge >= 0.3 is 12.4 Å². The average Bonchev–Trinajstić information content (AvgIpc) is 2.80. The molecule has 174 valence electrons. The number of hydrogen-bond donors (Lipinski definition) is 0. The Bertz CT molecular complexity index is 1410. The van der Waals surface area contributed by atoms with E-state index < -0.39 is 34.6 Å². The predicted octanol–water partition coefficient (Wildman–Crippen LogP) is 6.97. The molecule has 0 aliphatic rings. The Balaban J connectivity index is 1.91. The molecular formula is C25H15F6NO2. The minimum absolute atomic E-state index is 0.00925. The number of carbonyl (C=O) groups excluding carboxylic acids is 2. The van der Waals surface area contributed by atoms with E-state index in [4.69, 9.17) is 0 Å². The minimum atomic E-state index is -5.28. The summed E-state index contributed by atoms with van der Waals surface area (Å²) < 4.78 is 82.2. The van der Waals surface area contributed by atoms with Crippen LogP contribution in [0.4, 0.5) is 26.3 Å². The Morgan fingerprint density at radius 2 is 1.41 bits per heavy atom. The molecule has 4 rings (SSSR count). The van der Waals surface area contributed by atoms with Crippen LogP contribution in [-0.2, 0) is 12.6 Å². The summed E-state index contributed by atoms with van der Waals surface area (Å²) in [6.07, 6.45) is -9.85. The number of alkyl halides is 6. The lowest BCUT2D eigenvalue weighted by molar-refractivity contribution is -0.136. The Hall–Kier alpha value is -3.75. The zero-order valence-corrected chi connectivity index (χ0v) is 17.3. The highest BCUT2D eigenvalue weighted by Gasteiger charge is 2.41. The van der Waals surface area contributed by atoms with Crippen LogP contribution in [0, 0.1) is 0 Å². The van der Waals surface area contributed by atoms with Crippen LogP contribution in [-0.4, -0.2) is 22.7 Å². The normalized spacial score (nSPS) is 12.3. The molecule has 0 atom stereocenters. The van der Waals surface area contributed by atoms with Crippen LogP contribution in [0.1, 0.15) is 38.3 Å². The van der Waals surface area contributed by atoms with Gasteiger partial charge in [0, 0.05) is 34.5 Å². The molecule has 9 heteroatoms. The molecule has 0 unspecified atom stereocenters. The molecule has 34 heavy (non-hydrogen) atoms. The van der Waals surface area contributed by atoms with E-state index >= 15 is 0 Å². The number of ketones is 2. The summed E-state index contributed by atoms with van der Waals surface area (Å²) in [4.78, 5) is 28.6. The highest BCUT2D eigenvalue weighted by molar-refractivity contribution is 6.18. The summed E-state index contributed by atoms with van der Waals surface area (Å²) in [5.41, 5.74) is -2.29. The van der Waals surface area contributed by atoms with E-state index in [-0.39, 0.29) is 40.5 Å². The molecule has 0 radical (unpaired) electrons. The number of aromatic nitrogens is 1. The van der Waals surface area contributed by atoms with Gasteiger partial charge in [0.05, 0.1) is 11.1 Å². The van der Waals surface area contributed by atoms with Crippen LogP contribution >= 0.6 is 0 Å². The van der Waals surface area contributed by atoms with Crippen molar-refractivity contribution in [3.8, 4) is 0 Å². The molecule has 0 saturated heterocycles. The van der Waals surface area contributed by atoms with Crippen molar-refractivity contribution in [3.05, 3.63) is 89.1 Å². The van der Waals surface area contributed by atoms with Gasteiger partial charge in [-0.05, 0) is 23.4 Å². The number of benzene rings is 3. The highest BCUT2D eigenvalue weighted by Crippen LogP contribution is 2.41. The lowest BCUT2D eigenvalue weighted by Crippen LogP contribution is -2.23. The van der Waals surface area contributed by atoms with Crippen LogP contribution in [0.3, 0.4) is 0 Å². The second-order valence-corrected chi connectivity index (χ2v) is 7.64. The van der Waals surface area contributed by atoms with Gasteiger partial charge < -0.3 is 0 Å². The molecule has 3 nitrogen and oxygen atoms in total. The van der Waals surface area contributed by atoms with Crippen LogP contribution in [0.5, 0.6) is 0 Å². The Labute approximate surface area is 189 Å². The van der Waals surface area contributed by atoms with Crippen LogP contribution in [0.25, 0.3) is 21.7 Å². The number of fused-ring (bicyclic) bond motifs is 3. The first-order valence-electron chi connectivity index (χ1n) is 10.1. The van der Waals surface area contributed by atoms with E-state index in [1.54, 1.807) is 18.2 Å². The highest BCUT2D eigenvalue weighted by atomic mass is 19.4. The summed E-state index contributed by atoms with van der Waals surface area (Å²) in [5.74, 6) is -2.64. The van der Waals surface area contributed by atoms with Crippen molar-refractivity contribution < 1.29 is 35.9 Å². The van der Waals surface area contributed by atoms with E-state index in [0.717, 1.165) is 6.20 Å². The zero-order valence-electron chi connectivity index (χ0n) is 17.3. The molecular weight excluding hydrogens is 460 g/mol. The van der Waals surface area contributed by atoms with Gasteiger partial charge in [-0.1, -0.05) is 54.6 Å². The summed E-state index contributed by atoms with van der Waals surface area (Å²) in [6, 6.07) is 14.0. The van der Waals surface area contributed by atoms with Gasteiger partial charge in [-0.2, -0.15) is 26.3 Å². The first-order valence-corrected chi connectivity index (χ1v) is 10.1. The van der Waals surface area contributed by atoms with E-state index in [1.165, 1.54) is 36.4 Å². The zero-order chi connectivity index (χ0) is 24.7. The fraction of sp³-hybridized carbons (Fsp3) is 0.160. The first kappa shape index (κ1) is 23.4. The van der Waals surface area contributed by atoms with Crippen molar-refractivity contribution >= 4 is 33.2 Å². The molecule has 0 aliphatic heterocycles. The van der Waals surface area contributed by atoms with Crippen molar-refractivity contribution in [2.24, 2.45) is 0 Å². The van der Waals surface area contributed by atoms with Gasteiger partial charge in [0.15, 0.2) is 5.78 Å². The van der Waals surface area contributed by atoms with Crippen molar-refractivity contribution in [1.29, 1.82) is 0 Å². The van der Waals surface area contributed by atoms with Gasteiger partial charge in [-0.25, -0.2) is 0 Å². The van der Waals surface area contributed by atoms with E-state index in [9.17, 15) is 35.9 Å². The molecule has 0 saturated carbocycles. The van der Waals surface area contributed by atoms with Gasteiger partial charge in [-0.3, -0.25) is 14.6 Å². The average molecular weight is 475 g/mol. The van der Waals surface area contributed by atoms with Gasteiger partial charge in [0.25, 0.3) is 5.78 Å². The first-order chi connectivity index (χ1) is 16.0. The molecule has 0 amide bonds. The summed E-state index contributed by atoms with van der Waals surface area (Å²) in [5, 5.41) is -0.779. The summed E-state index contributed by atoms with van der Waals surface area (Å²) >= 11 is 0. The second kappa shape index (κ2) is 8.55. The largest absolute Gasteiger partial charge is 0.454 e. The lowest BCUT2D eigenvalue weighted by atomic mass is 9.92. The third-order valence-corrected chi connectivity index (χ3v) is 5.46. The molecule has 3 aromatic carbocycles.